The van der Waals surface area contributed by atoms with Crippen LogP contribution in [-0.4, -0.2) is 40.8 Å². The molecule has 0 amide bonds. The lowest BCUT2D eigenvalue weighted by atomic mass is 10.3. The maximum Gasteiger partial charge on any atom is 0.294 e. The molecular weight excluding hydrogens is 312 g/mol. The van der Waals surface area contributed by atoms with Crippen molar-refractivity contribution in [2.24, 2.45) is 0 Å². The van der Waals surface area contributed by atoms with Crippen molar-refractivity contribution < 1.29 is 31.0 Å². The van der Waals surface area contributed by atoms with Gasteiger partial charge in [-0.3, -0.25) is 9.11 Å². The molecule has 9 nitrogen and oxygen atoms in total. The Morgan fingerprint density at radius 2 is 1.45 bits per heavy atom. The van der Waals surface area contributed by atoms with Gasteiger partial charge in [-0.05, 0) is 18.2 Å². The first-order valence-electron chi connectivity index (χ1n) is 4.92. The number of hydrogen-bond acceptors (Lipinski definition) is 6. The molecule has 0 atom stereocenters. The van der Waals surface area contributed by atoms with Crippen LogP contribution in [0.2, 0.25) is 0 Å². The predicted octanol–water partition coefficient (Wildman–Crippen LogP) is 0.0713. The van der Waals surface area contributed by atoms with Gasteiger partial charge in [0.15, 0.2) is 0 Å². The van der Waals surface area contributed by atoms with Crippen LogP contribution in [0.3, 0.4) is 0 Å². The minimum absolute atomic E-state index is 0.171. The molecular formula is C9H8N2O7S2. The van der Waals surface area contributed by atoms with Gasteiger partial charge in [0.25, 0.3) is 20.2 Å². The number of hydrogen-bond donors (Lipinski definition) is 3. The quantitative estimate of drug-likeness (QED) is 0.673. The lowest BCUT2D eigenvalue weighted by molar-refractivity contribution is 0.433. The zero-order valence-corrected chi connectivity index (χ0v) is 11.2. The lowest BCUT2D eigenvalue weighted by Crippen LogP contribution is -2.06. The Morgan fingerprint density at radius 1 is 0.950 bits per heavy atom. The Kier molecular flexibility index (Phi) is 3.29. The van der Waals surface area contributed by atoms with Crippen LogP contribution >= 0.6 is 0 Å². The van der Waals surface area contributed by atoms with Crippen molar-refractivity contribution in [3.8, 4) is 11.6 Å². The van der Waals surface area contributed by atoms with E-state index < -0.39 is 35.9 Å². The zero-order chi connectivity index (χ0) is 15.1. The first kappa shape index (κ1) is 14.5. The van der Waals surface area contributed by atoms with Gasteiger partial charge in [0.05, 0.1) is 21.7 Å². The fourth-order valence-electron chi connectivity index (χ4n) is 1.47. The highest BCUT2D eigenvalue weighted by atomic mass is 32.2. The molecule has 0 saturated carbocycles. The topological polar surface area (TPSA) is 147 Å². The Hall–Kier alpha value is -1.95. The Bertz CT molecular complexity index is 817. The summed E-state index contributed by atoms with van der Waals surface area (Å²) in [5.41, 5.74) is -0.171. The smallest absolute Gasteiger partial charge is 0.294 e. The van der Waals surface area contributed by atoms with E-state index in [1.54, 1.807) is 0 Å². The summed E-state index contributed by atoms with van der Waals surface area (Å²) in [6, 6.07) is 3.52. The molecule has 3 N–H and O–H groups in total. The minimum atomic E-state index is -4.71. The van der Waals surface area contributed by atoms with Crippen molar-refractivity contribution in [2.75, 3.05) is 0 Å². The molecule has 108 valence electrons. The third-order valence-corrected chi connectivity index (χ3v) is 3.99. The van der Waals surface area contributed by atoms with Crippen molar-refractivity contribution in [2.45, 2.75) is 9.79 Å². The molecule has 20 heavy (non-hydrogen) atoms. The molecule has 2 aromatic rings. The van der Waals surface area contributed by atoms with Crippen LogP contribution in [0, 0.1) is 0 Å². The van der Waals surface area contributed by atoms with Gasteiger partial charge in [0.1, 0.15) is 0 Å². The fraction of sp³-hybridized carbons (Fsp3) is 0. The van der Waals surface area contributed by atoms with Crippen LogP contribution in [0.15, 0.2) is 40.3 Å². The second-order valence-corrected chi connectivity index (χ2v) is 6.56. The zero-order valence-electron chi connectivity index (χ0n) is 9.57. The van der Waals surface area contributed by atoms with E-state index in [0.29, 0.717) is 6.07 Å². The van der Waals surface area contributed by atoms with E-state index in [9.17, 15) is 21.9 Å². The number of nitrogens with zero attached hydrogens (tertiary/aromatic N) is 2. The Labute approximate surface area is 113 Å². The summed E-state index contributed by atoms with van der Waals surface area (Å²) in [6.45, 7) is 0. The second kappa shape index (κ2) is 4.56. The van der Waals surface area contributed by atoms with Crippen LogP contribution in [0.25, 0.3) is 5.69 Å². The van der Waals surface area contributed by atoms with Crippen LogP contribution in [0.5, 0.6) is 5.88 Å². The normalized spacial score (nSPS) is 12.5. The maximum atomic E-state index is 11.1. The summed E-state index contributed by atoms with van der Waals surface area (Å²) in [7, 11) is -9.42. The van der Waals surface area contributed by atoms with Gasteiger partial charge in [0.2, 0.25) is 5.88 Å². The molecule has 11 heteroatoms. The molecule has 0 spiro atoms. The van der Waals surface area contributed by atoms with Crippen molar-refractivity contribution in [3.05, 3.63) is 30.5 Å². The fourth-order valence-corrected chi connectivity index (χ4v) is 2.64. The molecule has 0 aliphatic heterocycles. The molecule has 1 aromatic carbocycles. The summed E-state index contributed by atoms with van der Waals surface area (Å²) < 4.78 is 63.2. The standard InChI is InChI=1S/C9H8N2O7S2/c12-9-1-2-10-11(9)6-3-7(19(13,14)15)5-8(4-6)20(16,17)18/h1-5,12H,(H,13,14,15)(H,16,17,18). The van der Waals surface area contributed by atoms with E-state index in [0.717, 1.165) is 16.8 Å². The molecule has 0 unspecified atom stereocenters. The summed E-state index contributed by atoms with van der Waals surface area (Å²) in [5, 5.41) is 13.1. The van der Waals surface area contributed by atoms with E-state index in [1.807, 2.05) is 0 Å². The Morgan fingerprint density at radius 3 is 1.80 bits per heavy atom. The van der Waals surface area contributed by atoms with Gasteiger partial charge in [0, 0.05) is 6.07 Å². The van der Waals surface area contributed by atoms with Gasteiger partial charge in [-0.25, -0.2) is 4.68 Å². The summed E-state index contributed by atoms with van der Waals surface area (Å²) in [5.74, 6) is -0.390. The average Bonchev–Trinajstić information content (AvgIpc) is 2.72. The molecule has 0 aliphatic carbocycles. The molecule has 0 bridgehead atoms. The largest absolute Gasteiger partial charge is 0.493 e. The highest BCUT2D eigenvalue weighted by molar-refractivity contribution is 7.86. The van der Waals surface area contributed by atoms with E-state index in [-0.39, 0.29) is 5.69 Å². The van der Waals surface area contributed by atoms with Crippen molar-refractivity contribution >= 4 is 20.2 Å². The van der Waals surface area contributed by atoms with E-state index in [4.69, 9.17) is 9.11 Å². The van der Waals surface area contributed by atoms with Gasteiger partial charge in [-0.1, -0.05) is 0 Å². The molecule has 2 rings (SSSR count). The van der Waals surface area contributed by atoms with E-state index in [2.05, 4.69) is 5.10 Å². The number of aromatic hydroxyl groups is 1. The van der Waals surface area contributed by atoms with E-state index in [1.165, 1.54) is 12.3 Å². The number of benzene rings is 1. The van der Waals surface area contributed by atoms with Crippen LogP contribution in [0.4, 0.5) is 0 Å². The van der Waals surface area contributed by atoms with Crippen LogP contribution < -0.4 is 0 Å². The molecule has 1 aromatic heterocycles. The summed E-state index contributed by atoms with van der Waals surface area (Å²) in [4.78, 5) is -1.53. The van der Waals surface area contributed by atoms with Gasteiger partial charge >= 0.3 is 0 Å². The van der Waals surface area contributed by atoms with Gasteiger partial charge in [-0.15, -0.1) is 0 Å². The van der Waals surface area contributed by atoms with Crippen LogP contribution in [-0.2, 0) is 20.2 Å². The first-order valence-corrected chi connectivity index (χ1v) is 7.80. The third-order valence-electron chi connectivity index (χ3n) is 2.33. The second-order valence-electron chi connectivity index (χ2n) is 3.71. The molecule has 0 aliphatic rings. The Balaban J connectivity index is 2.80. The minimum Gasteiger partial charge on any atom is -0.493 e. The average molecular weight is 320 g/mol. The van der Waals surface area contributed by atoms with Crippen LogP contribution in [0.1, 0.15) is 0 Å². The van der Waals surface area contributed by atoms with Gasteiger partial charge in [-0.2, -0.15) is 21.9 Å². The maximum absolute atomic E-state index is 11.1. The number of rotatable bonds is 3. The SMILES string of the molecule is O=S(=O)(O)c1cc(-n2nccc2O)cc(S(=O)(=O)O)c1. The molecule has 0 radical (unpaired) electrons. The third kappa shape index (κ3) is 2.80. The first-order chi connectivity index (χ1) is 9.09. The molecule has 1 heterocycles. The lowest BCUT2D eigenvalue weighted by Gasteiger charge is -2.07. The van der Waals surface area contributed by atoms with Crippen molar-refractivity contribution in [3.63, 3.8) is 0 Å². The predicted molar refractivity (Wildman–Crippen MR) is 64.9 cm³/mol. The highest BCUT2D eigenvalue weighted by Gasteiger charge is 2.19. The highest BCUT2D eigenvalue weighted by Crippen LogP contribution is 2.23. The van der Waals surface area contributed by atoms with Crippen molar-refractivity contribution in [1.29, 1.82) is 0 Å². The summed E-state index contributed by atoms with van der Waals surface area (Å²) >= 11 is 0. The van der Waals surface area contributed by atoms with E-state index >= 15 is 0 Å². The number of aromatic nitrogens is 2. The summed E-state index contributed by atoms with van der Waals surface area (Å²) in [6.07, 6.45) is 1.18. The van der Waals surface area contributed by atoms with Gasteiger partial charge < -0.3 is 5.11 Å². The molecule has 0 fully saturated rings. The molecule has 0 saturated heterocycles. The van der Waals surface area contributed by atoms with Crippen molar-refractivity contribution in [1.82, 2.24) is 9.78 Å². The monoisotopic (exact) mass is 320 g/mol.